The molecule has 0 aliphatic heterocycles. The number of aliphatic imine (C=N–C) groups is 1. The molecule has 10 heteroatoms. The van der Waals surface area contributed by atoms with Crippen LogP contribution in [-0.2, 0) is 17.8 Å². The minimum atomic E-state index is -0.442. The zero-order chi connectivity index (χ0) is 23.5. The SMILES string of the molecule is COc1ccc(CCNC(=NCc2ccc([N+](=O)[O-])cc2)NCC(=O)N(C)C)cc1OC. The van der Waals surface area contributed by atoms with E-state index in [1.54, 1.807) is 40.4 Å². The number of nitrogens with one attached hydrogen (secondary N) is 2. The van der Waals surface area contributed by atoms with Crippen LogP contribution in [0.5, 0.6) is 11.5 Å². The van der Waals surface area contributed by atoms with Gasteiger partial charge >= 0.3 is 0 Å². The van der Waals surface area contributed by atoms with E-state index >= 15 is 0 Å². The Morgan fingerprint density at radius 3 is 2.28 bits per heavy atom. The van der Waals surface area contributed by atoms with Crippen LogP contribution in [0.1, 0.15) is 11.1 Å². The zero-order valence-electron chi connectivity index (χ0n) is 18.8. The number of likely N-dealkylation sites (N-methyl/N-ethyl adjacent to an activating group) is 1. The summed E-state index contributed by atoms with van der Waals surface area (Å²) in [5, 5.41) is 17.0. The number of rotatable bonds is 10. The van der Waals surface area contributed by atoms with E-state index in [-0.39, 0.29) is 18.1 Å². The average Bonchev–Trinajstić information content (AvgIpc) is 2.80. The standard InChI is InChI=1S/C22H29N5O5/c1-26(2)21(28)15-25-22(24-14-17-5-8-18(9-6-17)27(29)30)23-12-11-16-7-10-19(31-3)20(13-16)32-4/h5-10,13H,11-12,14-15H2,1-4H3,(H2,23,24,25). The number of nitro benzene ring substituents is 1. The van der Waals surface area contributed by atoms with E-state index in [0.717, 1.165) is 11.1 Å². The lowest BCUT2D eigenvalue weighted by Crippen LogP contribution is -2.43. The summed E-state index contributed by atoms with van der Waals surface area (Å²) in [5.74, 6) is 1.71. The smallest absolute Gasteiger partial charge is 0.269 e. The van der Waals surface area contributed by atoms with Crippen LogP contribution in [0.4, 0.5) is 5.69 Å². The number of amides is 1. The number of carbonyl (C=O) groups is 1. The molecule has 0 saturated heterocycles. The Hall–Kier alpha value is -3.82. The Morgan fingerprint density at radius 2 is 1.69 bits per heavy atom. The number of hydrogen-bond donors (Lipinski definition) is 2. The van der Waals surface area contributed by atoms with Gasteiger partial charge in [-0.15, -0.1) is 0 Å². The summed E-state index contributed by atoms with van der Waals surface area (Å²) >= 11 is 0. The van der Waals surface area contributed by atoms with Crippen molar-refractivity contribution in [2.75, 3.05) is 41.4 Å². The van der Waals surface area contributed by atoms with E-state index in [1.165, 1.54) is 17.0 Å². The Bertz CT molecular complexity index is 944. The molecule has 2 rings (SSSR count). The Morgan fingerprint density at radius 1 is 1.03 bits per heavy atom. The van der Waals surface area contributed by atoms with E-state index in [1.807, 2.05) is 18.2 Å². The molecule has 0 aliphatic rings. The Balaban J connectivity index is 2.03. The fraction of sp³-hybridized carbons (Fsp3) is 0.364. The third kappa shape index (κ3) is 7.46. The Kier molecular flexibility index (Phi) is 9.27. The van der Waals surface area contributed by atoms with Gasteiger partial charge in [-0.25, -0.2) is 4.99 Å². The summed E-state index contributed by atoms with van der Waals surface area (Å²) in [6.07, 6.45) is 0.695. The molecule has 1 amide bonds. The van der Waals surface area contributed by atoms with Gasteiger partial charge in [-0.1, -0.05) is 18.2 Å². The van der Waals surface area contributed by atoms with Crippen LogP contribution in [-0.4, -0.2) is 63.1 Å². The van der Waals surface area contributed by atoms with Crippen LogP contribution in [0.25, 0.3) is 0 Å². The maximum atomic E-state index is 11.9. The van der Waals surface area contributed by atoms with Crippen molar-refractivity contribution in [2.45, 2.75) is 13.0 Å². The first-order valence-electron chi connectivity index (χ1n) is 10.0. The molecular formula is C22H29N5O5. The van der Waals surface area contributed by atoms with Crippen molar-refractivity contribution < 1.29 is 19.2 Å². The van der Waals surface area contributed by atoms with Crippen molar-refractivity contribution >= 4 is 17.6 Å². The number of guanidine groups is 1. The van der Waals surface area contributed by atoms with E-state index in [0.29, 0.717) is 37.0 Å². The Labute approximate surface area is 187 Å². The van der Waals surface area contributed by atoms with Gasteiger partial charge in [0.15, 0.2) is 17.5 Å². The van der Waals surface area contributed by atoms with Crippen LogP contribution in [0.3, 0.4) is 0 Å². The molecular weight excluding hydrogens is 414 g/mol. The van der Waals surface area contributed by atoms with Crippen molar-refractivity contribution in [2.24, 2.45) is 4.99 Å². The number of methoxy groups -OCH3 is 2. The van der Waals surface area contributed by atoms with Crippen LogP contribution in [0.2, 0.25) is 0 Å². The van der Waals surface area contributed by atoms with Gasteiger partial charge < -0.3 is 25.0 Å². The minimum Gasteiger partial charge on any atom is -0.493 e. The van der Waals surface area contributed by atoms with Gasteiger partial charge in [0, 0.05) is 32.8 Å². The summed E-state index contributed by atoms with van der Waals surface area (Å²) in [6.45, 7) is 0.965. The van der Waals surface area contributed by atoms with Crippen LogP contribution in [0, 0.1) is 10.1 Å². The van der Waals surface area contributed by atoms with Gasteiger partial charge in [0.25, 0.3) is 5.69 Å². The number of nitrogens with zero attached hydrogens (tertiary/aromatic N) is 3. The molecule has 0 atom stereocenters. The zero-order valence-corrected chi connectivity index (χ0v) is 18.8. The number of non-ortho nitro benzene ring substituents is 1. The second-order valence-electron chi connectivity index (χ2n) is 7.10. The maximum Gasteiger partial charge on any atom is 0.269 e. The first-order valence-corrected chi connectivity index (χ1v) is 10.0. The molecule has 0 fully saturated rings. The van der Waals surface area contributed by atoms with Gasteiger partial charge in [0.05, 0.1) is 32.2 Å². The highest BCUT2D eigenvalue weighted by Crippen LogP contribution is 2.27. The second-order valence-corrected chi connectivity index (χ2v) is 7.10. The van der Waals surface area contributed by atoms with Crippen molar-refractivity contribution in [1.82, 2.24) is 15.5 Å². The number of hydrogen-bond acceptors (Lipinski definition) is 6. The van der Waals surface area contributed by atoms with Gasteiger partial charge in [-0.3, -0.25) is 14.9 Å². The van der Waals surface area contributed by atoms with Crippen molar-refractivity contribution in [3.8, 4) is 11.5 Å². The third-order valence-corrected chi connectivity index (χ3v) is 4.63. The summed E-state index contributed by atoms with van der Waals surface area (Å²) < 4.78 is 10.6. The van der Waals surface area contributed by atoms with E-state index in [2.05, 4.69) is 15.6 Å². The van der Waals surface area contributed by atoms with Gasteiger partial charge in [-0.05, 0) is 29.7 Å². The molecule has 2 aromatic rings. The van der Waals surface area contributed by atoms with Gasteiger partial charge in [0.1, 0.15) is 0 Å². The lowest BCUT2D eigenvalue weighted by molar-refractivity contribution is -0.384. The highest BCUT2D eigenvalue weighted by molar-refractivity contribution is 5.86. The number of ether oxygens (including phenoxy) is 2. The minimum absolute atomic E-state index is 0.0284. The first kappa shape index (κ1) is 24.4. The van der Waals surface area contributed by atoms with E-state index < -0.39 is 4.92 Å². The highest BCUT2D eigenvalue weighted by Gasteiger charge is 2.08. The monoisotopic (exact) mass is 443 g/mol. The summed E-state index contributed by atoms with van der Waals surface area (Å²) in [6, 6.07) is 11.9. The lowest BCUT2D eigenvalue weighted by atomic mass is 10.1. The van der Waals surface area contributed by atoms with E-state index in [4.69, 9.17) is 9.47 Å². The molecule has 0 bridgehead atoms. The van der Waals surface area contributed by atoms with Crippen LogP contribution >= 0.6 is 0 Å². The van der Waals surface area contributed by atoms with Crippen molar-refractivity contribution in [3.05, 3.63) is 63.7 Å². The first-order chi connectivity index (χ1) is 15.3. The summed E-state index contributed by atoms with van der Waals surface area (Å²) in [4.78, 5) is 28.3. The second kappa shape index (κ2) is 12.1. The molecule has 32 heavy (non-hydrogen) atoms. The van der Waals surface area contributed by atoms with Gasteiger partial charge in [-0.2, -0.15) is 0 Å². The number of carbonyl (C=O) groups excluding carboxylic acids is 1. The molecule has 2 aromatic carbocycles. The van der Waals surface area contributed by atoms with Crippen LogP contribution < -0.4 is 20.1 Å². The third-order valence-electron chi connectivity index (χ3n) is 4.63. The largest absolute Gasteiger partial charge is 0.493 e. The molecule has 0 saturated carbocycles. The maximum absolute atomic E-state index is 11.9. The topological polar surface area (TPSA) is 118 Å². The molecule has 2 N–H and O–H groups in total. The fourth-order valence-electron chi connectivity index (χ4n) is 2.75. The van der Waals surface area contributed by atoms with E-state index in [9.17, 15) is 14.9 Å². The quantitative estimate of drug-likeness (QED) is 0.249. The highest BCUT2D eigenvalue weighted by atomic mass is 16.6. The predicted molar refractivity (Wildman–Crippen MR) is 122 cm³/mol. The molecule has 0 spiro atoms. The average molecular weight is 444 g/mol. The number of benzene rings is 2. The van der Waals surface area contributed by atoms with Gasteiger partial charge in [0.2, 0.25) is 5.91 Å². The molecule has 10 nitrogen and oxygen atoms in total. The normalized spacial score (nSPS) is 10.9. The molecule has 0 aliphatic carbocycles. The number of nitro groups is 1. The molecule has 0 radical (unpaired) electrons. The molecule has 0 aromatic heterocycles. The van der Waals surface area contributed by atoms with Crippen LogP contribution in [0.15, 0.2) is 47.5 Å². The molecule has 0 heterocycles. The molecule has 172 valence electrons. The molecule has 0 unspecified atom stereocenters. The van der Waals surface area contributed by atoms with Crippen molar-refractivity contribution in [3.63, 3.8) is 0 Å². The lowest BCUT2D eigenvalue weighted by Gasteiger charge is -2.15. The fourth-order valence-corrected chi connectivity index (χ4v) is 2.75. The summed E-state index contributed by atoms with van der Waals surface area (Å²) in [7, 11) is 6.55. The van der Waals surface area contributed by atoms with Crippen molar-refractivity contribution in [1.29, 1.82) is 0 Å². The summed E-state index contributed by atoms with van der Waals surface area (Å²) in [5.41, 5.74) is 1.89. The predicted octanol–water partition coefficient (Wildman–Crippen LogP) is 1.98.